The van der Waals surface area contributed by atoms with E-state index >= 15 is 0 Å². The summed E-state index contributed by atoms with van der Waals surface area (Å²) >= 11 is 0. The lowest BCUT2D eigenvalue weighted by Crippen LogP contribution is -2.41. The second kappa shape index (κ2) is 11.7. The maximum absolute atomic E-state index is 12.9. The number of carbonyl (C=O) groups is 2. The fourth-order valence-corrected chi connectivity index (χ4v) is 5.18. The number of aliphatic carboxylic acids is 1. The second-order valence-electron chi connectivity index (χ2n) is 9.89. The Hall–Kier alpha value is -2.37. The molecule has 1 aromatic carbocycles. The van der Waals surface area contributed by atoms with Gasteiger partial charge >= 0.3 is 5.97 Å². The molecule has 182 valence electrons. The van der Waals surface area contributed by atoms with E-state index in [2.05, 4.69) is 23.7 Å². The number of nitrogens with one attached hydrogen (secondary N) is 1. The molecule has 0 saturated heterocycles. The minimum atomic E-state index is -0.988. The lowest BCUT2D eigenvalue weighted by atomic mass is 9.87. The minimum Gasteiger partial charge on any atom is -0.480 e. The zero-order chi connectivity index (χ0) is 24.0. The van der Waals surface area contributed by atoms with E-state index in [1.807, 2.05) is 32.0 Å². The summed E-state index contributed by atoms with van der Waals surface area (Å²) < 4.78 is 2.40. The van der Waals surface area contributed by atoms with Crippen LogP contribution >= 0.6 is 0 Å². The third-order valence-electron chi connectivity index (χ3n) is 7.47. The third-order valence-corrected chi connectivity index (χ3v) is 7.47. The standard InChI is InChI=1S/C27H41N3O3/c1-5-18(4)15-23(27(32)33)29-26(31)20-13-14-24-22(17-20)28-25(30(24)21(6-2)7-3)16-19-11-9-8-10-12-19/h13-14,17-19,21,23H,5-12,15-16H2,1-4H3,(H,29,31)(H,32,33). The van der Waals surface area contributed by atoms with E-state index in [0.717, 1.165) is 42.5 Å². The molecular weight excluding hydrogens is 414 g/mol. The van der Waals surface area contributed by atoms with Crippen LogP contribution in [-0.4, -0.2) is 32.6 Å². The summed E-state index contributed by atoms with van der Waals surface area (Å²) in [6.07, 6.45) is 10.9. The zero-order valence-electron chi connectivity index (χ0n) is 20.8. The molecule has 2 aromatic rings. The van der Waals surface area contributed by atoms with Crippen LogP contribution in [0.4, 0.5) is 0 Å². The van der Waals surface area contributed by atoms with Crippen LogP contribution < -0.4 is 5.32 Å². The first-order chi connectivity index (χ1) is 15.9. The van der Waals surface area contributed by atoms with E-state index in [4.69, 9.17) is 4.98 Å². The highest BCUT2D eigenvalue weighted by atomic mass is 16.4. The van der Waals surface area contributed by atoms with E-state index in [-0.39, 0.29) is 11.8 Å². The Morgan fingerprint density at radius 1 is 1.12 bits per heavy atom. The highest BCUT2D eigenvalue weighted by Crippen LogP contribution is 2.31. The number of imidazole rings is 1. The molecule has 33 heavy (non-hydrogen) atoms. The van der Waals surface area contributed by atoms with Gasteiger partial charge in [0, 0.05) is 18.0 Å². The van der Waals surface area contributed by atoms with Crippen molar-refractivity contribution in [2.24, 2.45) is 11.8 Å². The molecule has 1 aromatic heterocycles. The summed E-state index contributed by atoms with van der Waals surface area (Å²) in [5, 5.41) is 12.3. The van der Waals surface area contributed by atoms with Gasteiger partial charge in [-0.05, 0) is 49.3 Å². The fraction of sp³-hybridized carbons (Fsp3) is 0.667. The SMILES string of the molecule is CCC(C)CC(NC(=O)c1ccc2c(c1)nc(CC1CCCCC1)n2C(CC)CC)C(=O)O. The second-order valence-corrected chi connectivity index (χ2v) is 9.89. The molecule has 6 nitrogen and oxygen atoms in total. The van der Waals surface area contributed by atoms with Crippen molar-refractivity contribution in [3.05, 3.63) is 29.6 Å². The Kier molecular flexibility index (Phi) is 8.93. The molecule has 0 aliphatic heterocycles. The smallest absolute Gasteiger partial charge is 0.326 e. The molecule has 0 spiro atoms. The Balaban J connectivity index is 1.89. The molecule has 0 radical (unpaired) electrons. The van der Waals surface area contributed by atoms with Crippen molar-refractivity contribution in [2.45, 2.75) is 104 Å². The van der Waals surface area contributed by atoms with Gasteiger partial charge in [-0.2, -0.15) is 0 Å². The van der Waals surface area contributed by atoms with E-state index in [1.165, 1.54) is 32.1 Å². The number of amides is 1. The van der Waals surface area contributed by atoms with Crippen LogP contribution in [0.3, 0.4) is 0 Å². The van der Waals surface area contributed by atoms with E-state index in [9.17, 15) is 14.7 Å². The predicted octanol–water partition coefficient (Wildman–Crippen LogP) is 6.14. The van der Waals surface area contributed by atoms with Gasteiger partial charge in [0.1, 0.15) is 11.9 Å². The van der Waals surface area contributed by atoms with Gasteiger partial charge in [0.15, 0.2) is 0 Å². The molecule has 1 amide bonds. The van der Waals surface area contributed by atoms with Gasteiger partial charge in [-0.1, -0.05) is 66.2 Å². The van der Waals surface area contributed by atoms with Crippen molar-refractivity contribution in [1.82, 2.24) is 14.9 Å². The summed E-state index contributed by atoms with van der Waals surface area (Å²) in [5.74, 6) is 0.703. The maximum Gasteiger partial charge on any atom is 0.326 e. The first-order valence-electron chi connectivity index (χ1n) is 12.9. The van der Waals surface area contributed by atoms with Gasteiger partial charge in [-0.25, -0.2) is 9.78 Å². The fourth-order valence-electron chi connectivity index (χ4n) is 5.18. The van der Waals surface area contributed by atoms with Crippen molar-refractivity contribution in [3.63, 3.8) is 0 Å². The van der Waals surface area contributed by atoms with E-state index < -0.39 is 12.0 Å². The van der Waals surface area contributed by atoms with Gasteiger partial charge in [-0.3, -0.25) is 4.79 Å². The van der Waals surface area contributed by atoms with Crippen LogP contribution in [-0.2, 0) is 11.2 Å². The van der Waals surface area contributed by atoms with Gasteiger partial charge in [-0.15, -0.1) is 0 Å². The summed E-state index contributed by atoms with van der Waals surface area (Å²) in [6.45, 7) is 8.47. The Labute approximate surface area is 198 Å². The number of carboxylic acids is 1. The highest BCUT2D eigenvalue weighted by molar-refractivity contribution is 5.99. The molecule has 2 unspecified atom stereocenters. The molecule has 2 N–H and O–H groups in total. The van der Waals surface area contributed by atoms with Crippen molar-refractivity contribution in [1.29, 1.82) is 0 Å². The van der Waals surface area contributed by atoms with Gasteiger partial charge in [0.2, 0.25) is 0 Å². The largest absolute Gasteiger partial charge is 0.480 e. The van der Waals surface area contributed by atoms with Crippen molar-refractivity contribution < 1.29 is 14.7 Å². The van der Waals surface area contributed by atoms with Crippen molar-refractivity contribution >= 4 is 22.9 Å². The number of aromatic nitrogens is 2. The number of nitrogens with zero attached hydrogens (tertiary/aromatic N) is 2. The highest BCUT2D eigenvalue weighted by Gasteiger charge is 2.25. The first kappa shape index (κ1) is 25.3. The molecule has 6 heteroatoms. The molecule has 1 aliphatic carbocycles. The minimum absolute atomic E-state index is 0.229. The first-order valence-corrected chi connectivity index (χ1v) is 12.9. The van der Waals surface area contributed by atoms with Gasteiger partial charge in [0.05, 0.1) is 11.0 Å². The molecule has 1 aliphatic rings. The summed E-state index contributed by atoms with van der Waals surface area (Å²) in [4.78, 5) is 29.6. The number of rotatable bonds is 11. The average Bonchev–Trinajstić information content (AvgIpc) is 3.16. The quantitative estimate of drug-likeness (QED) is 0.426. The summed E-state index contributed by atoms with van der Waals surface area (Å²) in [7, 11) is 0. The average molecular weight is 456 g/mol. The third kappa shape index (κ3) is 6.15. The Morgan fingerprint density at radius 3 is 2.42 bits per heavy atom. The van der Waals surface area contributed by atoms with E-state index in [0.29, 0.717) is 23.9 Å². The number of carbonyl (C=O) groups excluding carboxylic acids is 1. The number of hydrogen-bond donors (Lipinski definition) is 2. The molecule has 0 bridgehead atoms. The lowest BCUT2D eigenvalue weighted by Gasteiger charge is -2.24. The van der Waals surface area contributed by atoms with Crippen LogP contribution in [0.1, 0.15) is 108 Å². The van der Waals surface area contributed by atoms with Crippen LogP contribution in [0, 0.1) is 11.8 Å². The monoisotopic (exact) mass is 455 g/mol. The number of fused-ring (bicyclic) bond motifs is 1. The number of hydrogen-bond acceptors (Lipinski definition) is 3. The Morgan fingerprint density at radius 2 is 1.82 bits per heavy atom. The molecule has 2 atom stereocenters. The summed E-state index contributed by atoms with van der Waals surface area (Å²) in [5.41, 5.74) is 2.37. The van der Waals surface area contributed by atoms with Crippen molar-refractivity contribution in [2.75, 3.05) is 0 Å². The lowest BCUT2D eigenvalue weighted by molar-refractivity contribution is -0.139. The number of carboxylic acid groups (broad SMARTS) is 1. The molecule has 1 heterocycles. The van der Waals surface area contributed by atoms with Gasteiger partial charge < -0.3 is 15.0 Å². The maximum atomic E-state index is 12.9. The Bertz CT molecular complexity index is 941. The van der Waals surface area contributed by atoms with Crippen LogP contribution in [0.5, 0.6) is 0 Å². The van der Waals surface area contributed by atoms with E-state index in [1.54, 1.807) is 0 Å². The van der Waals surface area contributed by atoms with Gasteiger partial charge in [0.25, 0.3) is 5.91 Å². The zero-order valence-corrected chi connectivity index (χ0v) is 20.8. The van der Waals surface area contributed by atoms with Crippen LogP contribution in [0.2, 0.25) is 0 Å². The van der Waals surface area contributed by atoms with Crippen LogP contribution in [0.15, 0.2) is 18.2 Å². The topological polar surface area (TPSA) is 84.2 Å². The molecular formula is C27H41N3O3. The number of benzene rings is 1. The molecule has 3 rings (SSSR count). The van der Waals surface area contributed by atoms with Crippen LogP contribution in [0.25, 0.3) is 11.0 Å². The predicted molar refractivity (Wildman–Crippen MR) is 133 cm³/mol. The summed E-state index contributed by atoms with van der Waals surface area (Å²) in [6, 6.07) is 5.14. The van der Waals surface area contributed by atoms with Crippen molar-refractivity contribution in [3.8, 4) is 0 Å². The normalized spacial score (nSPS) is 16.8. The molecule has 1 saturated carbocycles. The molecule has 1 fully saturated rings.